The van der Waals surface area contributed by atoms with E-state index in [-0.39, 0.29) is 11.6 Å². The number of rotatable bonds is 6. The molecule has 2 aromatic rings. The van der Waals surface area contributed by atoms with E-state index in [4.69, 9.17) is 0 Å². The molecular formula is C15H17F2N3. The summed E-state index contributed by atoms with van der Waals surface area (Å²) in [4.78, 5) is 3.95. The van der Waals surface area contributed by atoms with Crippen LogP contribution < -0.4 is 10.6 Å². The number of nitrogens with zero attached hydrogens (tertiary/aromatic N) is 1. The number of pyridine rings is 1. The summed E-state index contributed by atoms with van der Waals surface area (Å²) in [5.41, 5.74) is 1.00. The number of aromatic nitrogens is 1. The molecule has 0 atom stereocenters. The molecule has 0 spiro atoms. The Kier molecular flexibility index (Phi) is 4.87. The number of anilines is 2. The highest BCUT2D eigenvalue weighted by atomic mass is 19.1. The summed E-state index contributed by atoms with van der Waals surface area (Å²) >= 11 is 0. The van der Waals surface area contributed by atoms with Gasteiger partial charge in [-0.1, -0.05) is 37.3 Å². The lowest BCUT2D eigenvalue weighted by Crippen LogP contribution is -2.09. The number of nitrogens with one attached hydrogen (secondary N) is 2. The Bertz CT molecular complexity index is 559. The van der Waals surface area contributed by atoms with Crippen molar-refractivity contribution in [3.8, 4) is 0 Å². The molecule has 0 aliphatic heterocycles. The molecule has 0 bridgehead atoms. The molecule has 106 valence electrons. The second-order valence-electron chi connectivity index (χ2n) is 4.42. The SMILES string of the molecule is CCCNc1nc(NCc2ccccc2)c(F)cc1F. The van der Waals surface area contributed by atoms with E-state index < -0.39 is 11.6 Å². The third kappa shape index (κ3) is 3.66. The monoisotopic (exact) mass is 277 g/mol. The molecule has 0 fully saturated rings. The highest BCUT2D eigenvalue weighted by Crippen LogP contribution is 2.19. The number of hydrogen-bond acceptors (Lipinski definition) is 3. The molecule has 5 heteroatoms. The minimum atomic E-state index is -0.694. The minimum absolute atomic E-state index is 0.0499. The normalized spacial score (nSPS) is 10.3. The van der Waals surface area contributed by atoms with Crippen LogP contribution in [0.2, 0.25) is 0 Å². The Morgan fingerprint density at radius 1 is 1.00 bits per heavy atom. The zero-order valence-corrected chi connectivity index (χ0v) is 11.3. The van der Waals surface area contributed by atoms with Crippen molar-refractivity contribution >= 4 is 11.6 Å². The Morgan fingerprint density at radius 3 is 2.30 bits per heavy atom. The van der Waals surface area contributed by atoms with Crippen molar-refractivity contribution in [2.45, 2.75) is 19.9 Å². The van der Waals surface area contributed by atoms with Crippen molar-refractivity contribution in [1.29, 1.82) is 0 Å². The molecule has 0 saturated heterocycles. The largest absolute Gasteiger partial charge is 0.368 e. The van der Waals surface area contributed by atoms with E-state index in [1.54, 1.807) is 0 Å². The lowest BCUT2D eigenvalue weighted by atomic mass is 10.2. The third-order valence-corrected chi connectivity index (χ3v) is 2.77. The molecule has 1 aromatic carbocycles. The van der Waals surface area contributed by atoms with Crippen LogP contribution in [0.15, 0.2) is 36.4 Å². The van der Waals surface area contributed by atoms with Crippen molar-refractivity contribution in [2.24, 2.45) is 0 Å². The smallest absolute Gasteiger partial charge is 0.168 e. The highest BCUT2D eigenvalue weighted by molar-refractivity contribution is 5.47. The molecule has 1 aromatic heterocycles. The molecule has 2 rings (SSSR count). The van der Waals surface area contributed by atoms with Gasteiger partial charge in [-0.2, -0.15) is 0 Å². The topological polar surface area (TPSA) is 37.0 Å². The second kappa shape index (κ2) is 6.84. The van der Waals surface area contributed by atoms with Gasteiger partial charge in [-0.3, -0.25) is 0 Å². The van der Waals surface area contributed by atoms with Crippen LogP contribution >= 0.6 is 0 Å². The minimum Gasteiger partial charge on any atom is -0.368 e. The summed E-state index contributed by atoms with van der Waals surface area (Å²) in [6.45, 7) is 2.99. The van der Waals surface area contributed by atoms with Gasteiger partial charge in [0.2, 0.25) is 0 Å². The molecule has 3 nitrogen and oxygen atoms in total. The lowest BCUT2D eigenvalue weighted by Gasteiger charge is -2.10. The summed E-state index contributed by atoms with van der Waals surface area (Å²) in [6, 6.07) is 10.4. The fraction of sp³-hybridized carbons (Fsp3) is 0.267. The first-order chi connectivity index (χ1) is 9.70. The molecule has 0 radical (unpaired) electrons. The summed E-state index contributed by atoms with van der Waals surface area (Å²) < 4.78 is 27.2. The van der Waals surface area contributed by atoms with E-state index >= 15 is 0 Å². The third-order valence-electron chi connectivity index (χ3n) is 2.77. The van der Waals surface area contributed by atoms with Crippen molar-refractivity contribution in [2.75, 3.05) is 17.2 Å². The molecule has 0 aliphatic rings. The first kappa shape index (κ1) is 14.2. The molecule has 0 aliphatic carbocycles. The zero-order chi connectivity index (χ0) is 14.4. The van der Waals surface area contributed by atoms with Crippen LogP contribution in [0.25, 0.3) is 0 Å². The number of halogens is 2. The van der Waals surface area contributed by atoms with Crippen LogP contribution in [0.4, 0.5) is 20.4 Å². The Balaban J connectivity index is 2.10. The van der Waals surface area contributed by atoms with Gasteiger partial charge in [-0.25, -0.2) is 13.8 Å². The summed E-state index contributed by atoms with van der Waals surface area (Å²) in [5.74, 6) is -1.25. The van der Waals surface area contributed by atoms with E-state index in [1.807, 2.05) is 37.3 Å². The van der Waals surface area contributed by atoms with Crippen LogP contribution in [0.5, 0.6) is 0 Å². The van der Waals surface area contributed by atoms with E-state index in [1.165, 1.54) is 0 Å². The fourth-order valence-corrected chi connectivity index (χ4v) is 1.74. The molecule has 1 heterocycles. The molecule has 20 heavy (non-hydrogen) atoms. The first-order valence-electron chi connectivity index (χ1n) is 6.58. The maximum Gasteiger partial charge on any atom is 0.168 e. The van der Waals surface area contributed by atoms with Gasteiger partial charge in [0.1, 0.15) is 0 Å². The molecule has 0 amide bonds. The van der Waals surface area contributed by atoms with Crippen molar-refractivity contribution in [3.05, 3.63) is 53.6 Å². The Labute approximate surface area is 117 Å². The standard InChI is InChI=1S/C15H17F2N3/c1-2-8-18-14-12(16)9-13(17)15(20-14)19-10-11-6-4-3-5-7-11/h3-7,9H,2,8,10H2,1H3,(H2,18,19,20). The Hall–Kier alpha value is -2.17. The van der Waals surface area contributed by atoms with E-state index in [0.29, 0.717) is 13.1 Å². The maximum atomic E-state index is 13.7. The predicted molar refractivity (Wildman–Crippen MR) is 76.7 cm³/mol. The van der Waals surface area contributed by atoms with Gasteiger partial charge < -0.3 is 10.6 Å². The average molecular weight is 277 g/mol. The van der Waals surface area contributed by atoms with Crippen molar-refractivity contribution in [1.82, 2.24) is 4.98 Å². The van der Waals surface area contributed by atoms with Crippen LogP contribution in [0, 0.1) is 11.6 Å². The highest BCUT2D eigenvalue weighted by Gasteiger charge is 2.11. The lowest BCUT2D eigenvalue weighted by molar-refractivity contribution is 0.577. The van der Waals surface area contributed by atoms with Gasteiger partial charge in [0.05, 0.1) is 0 Å². The predicted octanol–water partition coefficient (Wildman–Crippen LogP) is 3.79. The first-order valence-corrected chi connectivity index (χ1v) is 6.58. The van der Waals surface area contributed by atoms with Gasteiger partial charge in [0.15, 0.2) is 23.3 Å². The molecule has 0 unspecified atom stereocenters. The van der Waals surface area contributed by atoms with E-state index in [0.717, 1.165) is 18.1 Å². The van der Waals surface area contributed by atoms with Crippen molar-refractivity contribution < 1.29 is 8.78 Å². The number of benzene rings is 1. The van der Waals surface area contributed by atoms with Gasteiger partial charge in [-0.15, -0.1) is 0 Å². The number of hydrogen-bond donors (Lipinski definition) is 2. The van der Waals surface area contributed by atoms with E-state index in [2.05, 4.69) is 15.6 Å². The summed E-state index contributed by atoms with van der Waals surface area (Å²) in [7, 11) is 0. The van der Waals surface area contributed by atoms with Crippen LogP contribution in [0.1, 0.15) is 18.9 Å². The van der Waals surface area contributed by atoms with E-state index in [9.17, 15) is 8.78 Å². The second-order valence-corrected chi connectivity index (χ2v) is 4.42. The van der Waals surface area contributed by atoms with Gasteiger partial charge in [0.25, 0.3) is 0 Å². The summed E-state index contributed by atoms with van der Waals surface area (Å²) in [5, 5.41) is 5.72. The average Bonchev–Trinajstić information content (AvgIpc) is 2.46. The molecule has 2 N–H and O–H groups in total. The molecular weight excluding hydrogens is 260 g/mol. The summed E-state index contributed by atoms with van der Waals surface area (Å²) in [6.07, 6.45) is 0.839. The maximum absolute atomic E-state index is 13.7. The zero-order valence-electron chi connectivity index (χ0n) is 11.3. The van der Waals surface area contributed by atoms with Gasteiger partial charge in [0, 0.05) is 19.2 Å². The fourth-order valence-electron chi connectivity index (χ4n) is 1.74. The van der Waals surface area contributed by atoms with Gasteiger partial charge in [-0.05, 0) is 12.0 Å². The van der Waals surface area contributed by atoms with Crippen LogP contribution in [0.3, 0.4) is 0 Å². The van der Waals surface area contributed by atoms with Crippen LogP contribution in [-0.2, 0) is 6.54 Å². The van der Waals surface area contributed by atoms with Crippen molar-refractivity contribution in [3.63, 3.8) is 0 Å². The quantitative estimate of drug-likeness (QED) is 0.843. The van der Waals surface area contributed by atoms with Crippen LogP contribution in [-0.4, -0.2) is 11.5 Å². The Morgan fingerprint density at radius 2 is 1.65 bits per heavy atom. The van der Waals surface area contributed by atoms with Gasteiger partial charge >= 0.3 is 0 Å². The molecule has 0 saturated carbocycles.